The Morgan fingerprint density at radius 2 is 1.75 bits per heavy atom. The van der Waals surface area contributed by atoms with Gasteiger partial charge in [-0.3, -0.25) is 4.79 Å². The van der Waals surface area contributed by atoms with Crippen LogP contribution in [0.3, 0.4) is 0 Å². The van der Waals surface area contributed by atoms with E-state index in [1.807, 2.05) is 43.6 Å². The number of hydrogen-bond donors (Lipinski definition) is 1. The molecule has 1 atom stereocenters. The predicted octanol–water partition coefficient (Wildman–Crippen LogP) is 3.81. The Bertz CT molecular complexity index is 636. The molecule has 2 aromatic rings. The van der Waals surface area contributed by atoms with Crippen molar-refractivity contribution in [3.63, 3.8) is 0 Å². The molecule has 5 heteroatoms. The zero-order valence-corrected chi connectivity index (χ0v) is 15.8. The lowest BCUT2D eigenvalue weighted by Gasteiger charge is -2.22. The molecule has 2 N–H and O–H groups in total. The predicted molar refractivity (Wildman–Crippen MR) is 107 cm³/mol. The number of benzene rings is 2. The van der Waals surface area contributed by atoms with Crippen molar-refractivity contribution < 1.29 is 4.79 Å². The van der Waals surface area contributed by atoms with Crippen LogP contribution < -0.4 is 5.73 Å². The van der Waals surface area contributed by atoms with E-state index in [0.717, 1.165) is 22.4 Å². The maximum atomic E-state index is 12.4. The van der Waals surface area contributed by atoms with Gasteiger partial charge < -0.3 is 10.6 Å². The summed E-state index contributed by atoms with van der Waals surface area (Å²) in [6.45, 7) is 0.566. The van der Waals surface area contributed by atoms with E-state index < -0.39 is 6.04 Å². The van der Waals surface area contributed by atoms with Crippen molar-refractivity contribution in [1.29, 1.82) is 0 Å². The summed E-state index contributed by atoms with van der Waals surface area (Å²) >= 11 is 1.71. The van der Waals surface area contributed by atoms with Crippen LogP contribution in [-0.4, -0.2) is 35.9 Å². The third-order valence-corrected chi connectivity index (χ3v) is 4.48. The Labute approximate surface area is 155 Å². The summed E-state index contributed by atoms with van der Waals surface area (Å²) in [5.74, 6) is 0.906. The molecule has 0 bridgehead atoms. The van der Waals surface area contributed by atoms with Crippen molar-refractivity contribution in [2.24, 2.45) is 5.73 Å². The Balaban J connectivity index is 0.00000288. The van der Waals surface area contributed by atoms with Crippen LogP contribution in [0.5, 0.6) is 0 Å². The topological polar surface area (TPSA) is 46.3 Å². The van der Waals surface area contributed by atoms with Crippen molar-refractivity contribution in [2.75, 3.05) is 19.1 Å². The van der Waals surface area contributed by atoms with Gasteiger partial charge in [0.15, 0.2) is 0 Å². The molecule has 0 fully saturated rings. The minimum Gasteiger partial charge on any atom is -0.340 e. The lowest BCUT2D eigenvalue weighted by Crippen LogP contribution is -2.41. The molecule has 1 amide bonds. The molecule has 2 aromatic carbocycles. The Kier molecular flexibility index (Phi) is 8.90. The number of nitrogens with zero attached hydrogens (tertiary/aromatic N) is 1. The number of halogens is 1. The average molecular weight is 365 g/mol. The van der Waals surface area contributed by atoms with Gasteiger partial charge in [0.25, 0.3) is 0 Å². The van der Waals surface area contributed by atoms with E-state index in [9.17, 15) is 4.79 Å². The van der Waals surface area contributed by atoms with E-state index in [4.69, 9.17) is 5.73 Å². The zero-order valence-electron chi connectivity index (χ0n) is 14.1. The molecule has 0 aliphatic rings. The van der Waals surface area contributed by atoms with Crippen LogP contribution in [0.2, 0.25) is 0 Å². The quantitative estimate of drug-likeness (QED) is 0.812. The highest BCUT2D eigenvalue weighted by molar-refractivity contribution is 7.98. The number of thioether (sulfide) groups is 1. The lowest BCUT2D eigenvalue weighted by molar-refractivity contribution is -0.131. The molecular weight excluding hydrogens is 340 g/mol. The maximum absolute atomic E-state index is 12.4. The molecule has 2 rings (SSSR count). The van der Waals surface area contributed by atoms with Crippen molar-refractivity contribution >= 4 is 30.1 Å². The molecule has 0 aliphatic heterocycles. The van der Waals surface area contributed by atoms with Crippen LogP contribution in [0, 0.1) is 0 Å². The van der Waals surface area contributed by atoms with Gasteiger partial charge in [-0.05, 0) is 35.1 Å². The highest BCUT2D eigenvalue weighted by Crippen LogP contribution is 2.24. The lowest BCUT2D eigenvalue weighted by atomic mass is 9.99. The Morgan fingerprint density at radius 1 is 1.12 bits per heavy atom. The van der Waals surface area contributed by atoms with Crippen LogP contribution in [0.1, 0.15) is 12.0 Å². The number of hydrogen-bond acceptors (Lipinski definition) is 3. The van der Waals surface area contributed by atoms with Crippen molar-refractivity contribution in [3.8, 4) is 11.1 Å². The fraction of sp³-hybridized carbons (Fsp3) is 0.316. The fourth-order valence-corrected chi connectivity index (χ4v) is 3.03. The first-order valence-corrected chi connectivity index (χ1v) is 9.15. The van der Waals surface area contributed by atoms with Crippen LogP contribution in [0.25, 0.3) is 11.1 Å². The zero-order chi connectivity index (χ0) is 16.7. The molecule has 0 radical (unpaired) electrons. The van der Waals surface area contributed by atoms with Gasteiger partial charge in [0, 0.05) is 13.6 Å². The van der Waals surface area contributed by atoms with Gasteiger partial charge in [0.05, 0.1) is 6.04 Å². The van der Waals surface area contributed by atoms with E-state index in [0.29, 0.717) is 13.0 Å². The largest absolute Gasteiger partial charge is 0.340 e. The van der Waals surface area contributed by atoms with E-state index in [1.54, 1.807) is 16.7 Å². The summed E-state index contributed by atoms with van der Waals surface area (Å²) < 4.78 is 0. The van der Waals surface area contributed by atoms with E-state index >= 15 is 0 Å². The summed E-state index contributed by atoms with van der Waals surface area (Å²) in [7, 11) is 1.82. The van der Waals surface area contributed by atoms with Crippen molar-refractivity contribution in [3.05, 3.63) is 60.2 Å². The summed E-state index contributed by atoms with van der Waals surface area (Å²) in [6, 6.07) is 18.0. The van der Waals surface area contributed by atoms with Crippen molar-refractivity contribution in [1.82, 2.24) is 4.90 Å². The van der Waals surface area contributed by atoms with Crippen LogP contribution in [0.15, 0.2) is 54.6 Å². The standard InChI is InChI=1S/C19H24N2OS.ClH/c1-21(19(22)18(20)12-13-23-2)14-16-10-6-7-11-17(16)15-8-4-3-5-9-15;/h3-11,18H,12-14,20H2,1-2H3;1H/t18-;/m0./s1. The Hall–Kier alpha value is -1.49. The number of nitrogens with two attached hydrogens (primary N) is 1. The third kappa shape index (κ3) is 5.55. The molecule has 0 spiro atoms. The summed E-state index contributed by atoms with van der Waals surface area (Å²) in [6.07, 6.45) is 2.74. The summed E-state index contributed by atoms with van der Waals surface area (Å²) in [5, 5.41) is 0. The Morgan fingerprint density at radius 3 is 2.42 bits per heavy atom. The molecule has 0 unspecified atom stereocenters. The van der Waals surface area contributed by atoms with Gasteiger partial charge in [-0.25, -0.2) is 0 Å². The van der Waals surface area contributed by atoms with Gasteiger partial charge in [0.1, 0.15) is 0 Å². The minimum atomic E-state index is -0.420. The monoisotopic (exact) mass is 364 g/mol. The summed E-state index contributed by atoms with van der Waals surface area (Å²) in [5.41, 5.74) is 9.45. The maximum Gasteiger partial charge on any atom is 0.239 e. The SMILES string of the molecule is CSCC[C@H](N)C(=O)N(C)Cc1ccccc1-c1ccccc1.Cl. The second kappa shape index (κ2) is 10.4. The van der Waals surface area contributed by atoms with Gasteiger partial charge in [0.2, 0.25) is 5.91 Å². The van der Waals surface area contributed by atoms with Crippen LogP contribution in [0.4, 0.5) is 0 Å². The second-order valence-electron chi connectivity index (χ2n) is 5.61. The number of amides is 1. The van der Waals surface area contributed by atoms with Gasteiger partial charge >= 0.3 is 0 Å². The molecule has 0 aromatic heterocycles. The molecule has 0 aliphatic carbocycles. The van der Waals surface area contributed by atoms with Crippen LogP contribution in [-0.2, 0) is 11.3 Å². The first kappa shape index (κ1) is 20.6. The fourth-order valence-electron chi connectivity index (χ4n) is 2.54. The third-order valence-electron chi connectivity index (χ3n) is 3.84. The minimum absolute atomic E-state index is 0. The number of likely N-dealkylation sites (N-methyl/N-ethyl adjacent to an activating group) is 1. The van der Waals surface area contributed by atoms with E-state index in [-0.39, 0.29) is 18.3 Å². The van der Waals surface area contributed by atoms with E-state index in [2.05, 4.69) is 24.3 Å². The highest BCUT2D eigenvalue weighted by atomic mass is 35.5. The smallest absolute Gasteiger partial charge is 0.239 e. The number of carbonyl (C=O) groups excluding carboxylic acids is 1. The molecule has 0 heterocycles. The van der Waals surface area contributed by atoms with Crippen molar-refractivity contribution in [2.45, 2.75) is 19.0 Å². The summed E-state index contributed by atoms with van der Waals surface area (Å²) in [4.78, 5) is 14.1. The number of rotatable bonds is 7. The van der Waals surface area contributed by atoms with Gasteiger partial charge in [-0.1, -0.05) is 54.6 Å². The second-order valence-corrected chi connectivity index (χ2v) is 6.59. The molecule has 0 saturated carbocycles. The molecule has 130 valence electrons. The first-order chi connectivity index (χ1) is 11.1. The average Bonchev–Trinajstić information content (AvgIpc) is 2.60. The molecular formula is C19H25ClN2OS. The van der Waals surface area contributed by atoms with E-state index in [1.165, 1.54) is 0 Å². The normalized spacial score (nSPS) is 11.5. The van der Waals surface area contributed by atoms with Crippen LogP contribution >= 0.6 is 24.2 Å². The van der Waals surface area contributed by atoms with Gasteiger partial charge in [-0.2, -0.15) is 11.8 Å². The highest BCUT2D eigenvalue weighted by Gasteiger charge is 2.18. The molecule has 0 saturated heterocycles. The number of carbonyl (C=O) groups is 1. The first-order valence-electron chi connectivity index (χ1n) is 7.76. The van der Waals surface area contributed by atoms with Gasteiger partial charge in [-0.15, -0.1) is 12.4 Å². The molecule has 24 heavy (non-hydrogen) atoms. The molecule has 3 nitrogen and oxygen atoms in total.